The van der Waals surface area contributed by atoms with E-state index in [0.717, 1.165) is 5.69 Å². The van der Waals surface area contributed by atoms with E-state index in [1.54, 1.807) is 18.2 Å². The van der Waals surface area contributed by atoms with Crippen LogP contribution in [0.25, 0.3) is 0 Å². The number of allylic oxidation sites excluding steroid dienone is 1. The van der Waals surface area contributed by atoms with Crippen molar-refractivity contribution in [3.8, 4) is 0 Å². The van der Waals surface area contributed by atoms with Crippen LogP contribution in [0.4, 0.5) is 5.69 Å². The number of nitrogens with zero attached hydrogens (tertiary/aromatic N) is 3. The van der Waals surface area contributed by atoms with Crippen LogP contribution >= 0.6 is 11.8 Å². The van der Waals surface area contributed by atoms with E-state index in [-0.39, 0.29) is 29.5 Å². The summed E-state index contributed by atoms with van der Waals surface area (Å²) in [5.41, 5.74) is 1.33. The molecule has 2 aromatic carbocycles. The molecule has 1 atom stereocenters. The molecule has 3 aromatic rings. The Bertz CT molecular complexity index is 1050. The first kappa shape index (κ1) is 23.3. The molecule has 0 bridgehead atoms. The van der Waals surface area contributed by atoms with Crippen LogP contribution < -0.4 is 10.6 Å². The molecule has 2 amide bonds. The lowest BCUT2D eigenvalue weighted by molar-refractivity contribution is -0.113. The molecule has 0 saturated heterocycles. The Kier molecular flexibility index (Phi) is 8.21. The maximum atomic E-state index is 12.8. The van der Waals surface area contributed by atoms with E-state index in [0.29, 0.717) is 23.1 Å². The van der Waals surface area contributed by atoms with Crippen molar-refractivity contribution < 1.29 is 9.59 Å². The summed E-state index contributed by atoms with van der Waals surface area (Å²) in [5, 5.41) is 15.2. The average molecular weight is 450 g/mol. The number of carbonyl (C=O) groups excluding carboxylic acids is 2. The van der Waals surface area contributed by atoms with Crippen molar-refractivity contribution in [1.29, 1.82) is 0 Å². The number of amides is 2. The van der Waals surface area contributed by atoms with Gasteiger partial charge in [-0.05, 0) is 30.2 Å². The highest BCUT2D eigenvalue weighted by Gasteiger charge is 2.26. The van der Waals surface area contributed by atoms with Crippen molar-refractivity contribution in [3.05, 3.63) is 84.7 Å². The summed E-state index contributed by atoms with van der Waals surface area (Å²) < 4.78 is 1.89. The first-order chi connectivity index (χ1) is 15.5. The van der Waals surface area contributed by atoms with Crippen molar-refractivity contribution in [2.75, 3.05) is 11.1 Å². The largest absolute Gasteiger partial charge is 0.342 e. The second kappa shape index (κ2) is 11.3. The third-order valence-electron chi connectivity index (χ3n) is 4.71. The zero-order valence-electron chi connectivity index (χ0n) is 18.2. The molecular formula is C24H27N5O2S. The number of nitrogens with one attached hydrogen (secondary N) is 2. The summed E-state index contributed by atoms with van der Waals surface area (Å²) in [7, 11) is 0. The monoisotopic (exact) mass is 449 g/mol. The Labute approximate surface area is 192 Å². The van der Waals surface area contributed by atoms with Gasteiger partial charge in [-0.15, -0.1) is 16.8 Å². The first-order valence-corrected chi connectivity index (χ1v) is 11.4. The summed E-state index contributed by atoms with van der Waals surface area (Å²) in [6, 6.07) is 18.0. The molecule has 7 nitrogen and oxygen atoms in total. The maximum Gasteiger partial charge on any atom is 0.251 e. The van der Waals surface area contributed by atoms with Gasteiger partial charge < -0.3 is 15.2 Å². The Morgan fingerprint density at radius 1 is 1.06 bits per heavy atom. The fourth-order valence-corrected chi connectivity index (χ4v) is 3.88. The third kappa shape index (κ3) is 6.07. The predicted octanol–water partition coefficient (Wildman–Crippen LogP) is 4.32. The molecule has 0 aliphatic rings. The highest BCUT2D eigenvalue weighted by Crippen LogP contribution is 2.26. The summed E-state index contributed by atoms with van der Waals surface area (Å²) in [6.07, 6.45) is 1.75. The topological polar surface area (TPSA) is 88.9 Å². The molecule has 1 aromatic heterocycles. The average Bonchev–Trinajstić information content (AvgIpc) is 3.19. The van der Waals surface area contributed by atoms with Gasteiger partial charge >= 0.3 is 0 Å². The van der Waals surface area contributed by atoms with Crippen LogP contribution in [0.5, 0.6) is 0 Å². The smallest absolute Gasteiger partial charge is 0.251 e. The van der Waals surface area contributed by atoms with Crippen LogP contribution in [0.15, 0.2) is 78.5 Å². The standard InChI is InChI=1S/C24H27N5O2S/c1-4-15-29-22(21(17(2)3)26-23(31)18-11-7-5-8-12-18)27-28-24(29)32-16-20(30)25-19-13-9-6-10-14-19/h4-14,17,21H,1,15-16H2,2-3H3,(H,25,30)(H,26,31)/t21-/m1/s1. The zero-order chi connectivity index (χ0) is 22.9. The van der Waals surface area contributed by atoms with Gasteiger partial charge in [0.05, 0.1) is 11.8 Å². The Morgan fingerprint density at radius 3 is 2.34 bits per heavy atom. The van der Waals surface area contributed by atoms with E-state index >= 15 is 0 Å². The number of aromatic nitrogens is 3. The van der Waals surface area contributed by atoms with Gasteiger partial charge in [-0.1, -0.05) is 68.1 Å². The van der Waals surface area contributed by atoms with Crippen LogP contribution in [0.2, 0.25) is 0 Å². The summed E-state index contributed by atoms with van der Waals surface area (Å²) in [6.45, 7) is 8.33. The maximum absolute atomic E-state index is 12.8. The summed E-state index contributed by atoms with van der Waals surface area (Å²) >= 11 is 1.30. The number of hydrogen-bond donors (Lipinski definition) is 2. The van der Waals surface area contributed by atoms with Crippen molar-refractivity contribution >= 4 is 29.3 Å². The molecule has 0 spiro atoms. The van der Waals surface area contributed by atoms with Crippen molar-refractivity contribution in [3.63, 3.8) is 0 Å². The number of thioether (sulfide) groups is 1. The molecule has 2 N–H and O–H groups in total. The fourth-order valence-electron chi connectivity index (χ4n) is 3.13. The minimum Gasteiger partial charge on any atom is -0.342 e. The van der Waals surface area contributed by atoms with Crippen LogP contribution in [0, 0.1) is 5.92 Å². The highest BCUT2D eigenvalue weighted by molar-refractivity contribution is 7.99. The van der Waals surface area contributed by atoms with E-state index in [4.69, 9.17) is 0 Å². The number of anilines is 1. The van der Waals surface area contributed by atoms with Crippen molar-refractivity contribution in [2.45, 2.75) is 31.6 Å². The molecule has 0 radical (unpaired) electrons. The lowest BCUT2D eigenvalue weighted by Crippen LogP contribution is -2.33. The van der Waals surface area contributed by atoms with Gasteiger partial charge in [0, 0.05) is 17.8 Å². The minimum absolute atomic E-state index is 0.0784. The molecule has 3 rings (SSSR count). The SMILES string of the molecule is C=CCn1c(SCC(=O)Nc2ccccc2)nnc1[C@H](NC(=O)c1ccccc1)C(C)C. The fraction of sp³-hybridized carbons (Fsp3) is 0.250. The van der Waals surface area contributed by atoms with E-state index in [2.05, 4.69) is 27.4 Å². The van der Waals surface area contributed by atoms with E-state index < -0.39 is 0 Å². The van der Waals surface area contributed by atoms with Gasteiger partial charge in [-0.25, -0.2) is 0 Å². The molecule has 0 fully saturated rings. The molecular weight excluding hydrogens is 422 g/mol. The quantitative estimate of drug-likeness (QED) is 0.355. The number of benzene rings is 2. The molecule has 0 aliphatic carbocycles. The van der Waals surface area contributed by atoms with Crippen molar-refractivity contribution in [1.82, 2.24) is 20.1 Å². The van der Waals surface area contributed by atoms with Crippen LogP contribution in [0.3, 0.4) is 0 Å². The lowest BCUT2D eigenvalue weighted by Gasteiger charge is -2.22. The van der Waals surface area contributed by atoms with Gasteiger partial charge in [-0.3, -0.25) is 9.59 Å². The number of hydrogen-bond acceptors (Lipinski definition) is 5. The number of carbonyl (C=O) groups is 2. The predicted molar refractivity (Wildman–Crippen MR) is 128 cm³/mol. The van der Waals surface area contributed by atoms with Crippen LogP contribution in [-0.4, -0.2) is 32.3 Å². The summed E-state index contributed by atoms with van der Waals surface area (Å²) in [5.74, 6) is 0.597. The van der Waals surface area contributed by atoms with Gasteiger partial charge in [0.15, 0.2) is 11.0 Å². The van der Waals surface area contributed by atoms with Gasteiger partial charge in [0.2, 0.25) is 5.91 Å². The van der Waals surface area contributed by atoms with E-state index in [1.165, 1.54) is 11.8 Å². The Hall–Kier alpha value is -3.39. The lowest BCUT2D eigenvalue weighted by atomic mass is 10.0. The molecule has 0 aliphatic heterocycles. The normalized spacial score (nSPS) is 11.7. The number of rotatable bonds is 10. The molecule has 1 heterocycles. The molecule has 166 valence electrons. The van der Waals surface area contributed by atoms with E-state index in [1.807, 2.05) is 66.9 Å². The highest BCUT2D eigenvalue weighted by atomic mass is 32.2. The number of para-hydroxylation sites is 1. The molecule has 8 heteroatoms. The van der Waals surface area contributed by atoms with Crippen LogP contribution in [0.1, 0.15) is 36.1 Å². The van der Waals surface area contributed by atoms with Crippen molar-refractivity contribution in [2.24, 2.45) is 5.92 Å². The van der Waals surface area contributed by atoms with Gasteiger partial charge in [0.1, 0.15) is 0 Å². The molecule has 32 heavy (non-hydrogen) atoms. The van der Waals surface area contributed by atoms with E-state index in [9.17, 15) is 9.59 Å². The molecule has 0 saturated carbocycles. The van der Waals surface area contributed by atoms with Gasteiger partial charge in [0.25, 0.3) is 5.91 Å². The van der Waals surface area contributed by atoms with Gasteiger partial charge in [-0.2, -0.15) is 0 Å². The Morgan fingerprint density at radius 2 is 1.72 bits per heavy atom. The summed E-state index contributed by atoms with van der Waals surface area (Å²) in [4.78, 5) is 25.1. The van der Waals surface area contributed by atoms with Crippen LogP contribution in [-0.2, 0) is 11.3 Å². The molecule has 0 unspecified atom stereocenters. The second-order valence-corrected chi connectivity index (χ2v) is 8.45. The Balaban J connectivity index is 1.74. The zero-order valence-corrected chi connectivity index (χ0v) is 19.0. The second-order valence-electron chi connectivity index (χ2n) is 7.50. The minimum atomic E-state index is -0.345. The third-order valence-corrected chi connectivity index (χ3v) is 5.68. The first-order valence-electron chi connectivity index (χ1n) is 10.4.